The number of carbonyl (C=O) groups is 3. The van der Waals surface area contributed by atoms with E-state index in [0.29, 0.717) is 24.3 Å². The number of anilines is 2. The minimum absolute atomic E-state index is 0.0249. The molecule has 2 aliphatic rings. The van der Waals surface area contributed by atoms with Crippen LogP contribution in [0.1, 0.15) is 21.5 Å². The van der Waals surface area contributed by atoms with Gasteiger partial charge in [-0.05, 0) is 49.2 Å². The number of aromatic nitrogens is 1. The van der Waals surface area contributed by atoms with E-state index in [-0.39, 0.29) is 24.4 Å². The highest BCUT2D eigenvalue weighted by Gasteiger charge is 2.34. The molecule has 2 saturated heterocycles. The second kappa shape index (κ2) is 7.78. The number of pyridine rings is 1. The molecule has 0 unspecified atom stereocenters. The first-order chi connectivity index (χ1) is 14.3. The van der Waals surface area contributed by atoms with Crippen LogP contribution >= 0.6 is 0 Å². The van der Waals surface area contributed by atoms with Gasteiger partial charge in [0.15, 0.2) is 0 Å². The van der Waals surface area contributed by atoms with E-state index in [4.69, 9.17) is 0 Å². The summed E-state index contributed by atoms with van der Waals surface area (Å²) in [5.74, 6) is 0.707. The van der Waals surface area contributed by atoms with Crippen molar-refractivity contribution < 1.29 is 14.4 Å². The Hall–Kier alpha value is -3.42. The molecule has 0 radical (unpaired) electrons. The lowest BCUT2D eigenvalue weighted by Gasteiger charge is -2.36. The van der Waals surface area contributed by atoms with Crippen LogP contribution in [0.5, 0.6) is 0 Å². The van der Waals surface area contributed by atoms with E-state index in [1.54, 1.807) is 24.3 Å². The zero-order chi connectivity index (χ0) is 21.4. The second-order valence-electron chi connectivity index (χ2n) is 7.80. The lowest BCUT2D eigenvalue weighted by atomic mass is 10.1. The van der Waals surface area contributed by atoms with Gasteiger partial charge in [-0.2, -0.15) is 0 Å². The number of piperazine rings is 1. The monoisotopic (exact) mass is 407 g/mol. The number of aryl methyl sites for hydroxylation is 2. The van der Waals surface area contributed by atoms with E-state index in [1.165, 1.54) is 11.9 Å². The van der Waals surface area contributed by atoms with Crippen molar-refractivity contribution in [1.82, 2.24) is 14.8 Å². The largest absolute Gasteiger partial charge is 0.353 e. The zero-order valence-corrected chi connectivity index (χ0v) is 17.5. The zero-order valence-electron chi connectivity index (χ0n) is 17.5. The van der Waals surface area contributed by atoms with E-state index < -0.39 is 0 Å². The third kappa shape index (κ3) is 3.60. The van der Waals surface area contributed by atoms with Gasteiger partial charge < -0.3 is 9.80 Å². The number of amides is 4. The summed E-state index contributed by atoms with van der Waals surface area (Å²) in [5, 5.41) is 0. The molecule has 0 aliphatic carbocycles. The minimum atomic E-state index is -0.352. The molecule has 2 aromatic rings. The Kier molecular flexibility index (Phi) is 5.15. The molecule has 4 rings (SSSR count). The summed E-state index contributed by atoms with van der Waals surface area (Å²) in [6.07, 6.45) is 1.87. The van der Waals surface area contributed by atoms with Crippen LogP contribution in [0.4, 0.5) is 16.3 Å². The highest BCUT2D eigenvalue weighted by molar-refractivity contribution is 6.12. The molecule has 156 valence electrons. The standard InChI is InChI=1S/C22H25N5O3/c1-15-12-16(2)20(23-13-15)25-8-10-26(11-9-25)21(29)17-4-6-18(7-5-17)27-14-19(28)24(3)22(27)30/h4-7,12-13H,8-11,14H2,1-3H3. The van der Waals surface area contributed by atoms with Crippen molar-refractivity contribution in [3.63, 3.8) is 0 Å². The number of rotatable bonds is 3. The predicted molar refractivity (Wildman–Crippen MR) is 114 cm³/mol. The minimum Gasteiger partial charge on any atom is -0.353 e. The molecule has 8 heteroatoms. The fourth-order valence-electron chi connectivity index (χ4n) is 3.93. The lowest BCUT2D eigenvalue weighted by Crippen LogP contribution is -2.49. The van der Waals surface area contributed by atoms with Gasteiger partial charge in [-0.15, -0.1) is 0 Å². The summed E-state index contributed by atoms with van der Waals surface area (Å²) in [7, 11) is 1.47. The Morgan fingerprint density at radius 2 is 1.67 bits per heavy atom. The van der Waals surface area contributed by atoms with Gasteiger partial charge in [-0.3, -0.25) is 19.4 Å². The van der Waals surface area contributed by atoms with E-state index in [1.807, 2.05) is 18.0 Å². The summed E-state index contributed by atoms with van der Waals surface area (Å²) in [4.78, 5) is 47.9. The van der Waals surface area contributed by atoms with Crippen LogP contribution in [0.15, 0.2) is 36.5 Å². The number of hydrogen-bond donors (Lipinski definition) is 0. The number of likely N-dealkylation sites (N-methyl/N-ethyl adjacent to an activating group) is 1. The van der Waals surface area contributed by atoms with Crippen LogP contribution in [0.2, 0.25) is 0 Å². The van der Waals surface area contributed by atoms with Crippen LogP contribution in [0, 0.1) is 13.8 Å². The van der Waals surface area contributed by atoms with Crippen molar-refractivity contribution >= 4 is 29.4 Å². The number of hydrogen-bond acceptors (Lipinski definition) is 5. The predicted octanol–water partition coefficient (Wildman–Crippen LogP) is 2.06. The second-order valence-corrected chi connectivity index (χ2v) is 7.80. The van der Waals surface area contributed by atoms with E-state index in [9.17, 15) is 14.4 Å². The number of carbonyl (C=O) groups excluding carboxylic acids is 3. The van der Waals surface area contributed by atoms with Crippen molar-refractivity contribution in [2.75, 3.05) is 49.6 Å². The molecule has 3 heterocycles. The maximum atomic E-state index is 12.9. The molecule has 2 aliphatic heterocycles. The average Bonchev–Trinajstić information content (AvgIpc) is 3.01. The maximum absolute atomic E-state index is 12.9. The number of nitrogens with zero attached hydrogens (tertiary/aromatic N) is 5. The smallest absolute Gasteiger partial charge is 0.331 e. The first-order valence-electron chi connectivity index (χ1n) is 10.0. The Balaban J connectivity index is 1.40. The quantitative estimate of drug-likeness (QED) is 0.728. The fourth-order valence-corrected chi connectivity index (χ4v) is 3.93. The van der Waals surface area contributed by atoms with Crippen LogP contribution in [0.3, 0.4) is 0 Å². The Morgan fingerprint density at radius 3 is 2.23 bits per heavy atom. The SMILES string of the molecule is Cc1cnc(N2CCN(C(=O)c3ccc(N4CC(=O)N(C)C4=O)cc3)CC2)c(C)c1. The van der Waals surface area contributed by atoms with E-state index >= 15 is 0 Å². The molecule has 8 nitrogen and oxygen atoms in total. The van der Waals surface area contributed by atoms with Gasteiger partial charge >= 0.3 is 6.03 Å². The molecule has 0 atom stereocenters. The Morgan fingerprint density at radius 1 is 1.00 bits per heavy atom. The fraction of sp³-hybridized carbons (Fsp3) is 0.364. The first-order valence-corrected chi connectivity index (χ1v) is 10.0. The Bertz CT molecular complexity index is 996. The van der Waals surface area contributed by atoms with Gasteiger partial charge in [0, 0.05) is 50.7 Å². The lowest BCUT2D eigenvalue weighted by molar-refractivity contribution is -0.123. The van der Waals surface area contributed by atoms with Crippen molar-refractivity contribution in [1.29, 1.82) is 0 Å². The topological polar surface area (TPSA) is 77.1 Å². The number of urea groups is 1. The maximum Gasteiger partial charge on any atom is 0.331 e. The third-order valence-electron chi connectivity index (χ3n) is 5.67. The van der Waals surface area contributed by atoms with Gasteiger partial charge in [0.1, 0.15) is 12.4 Å². The highest BCUT2D eigenvalue weighted by Crippen LogP contribution is 2.23. The third-order valence-corrected chi connectivity index (χ3v) is 5.67. The molecule has 0 bridgehead atoms. The van der Waals surface area contributed by atoms with Gasteiger partial charge in [-0.1, -0.05) is 6.07 Å². The van der Waals surface area contributed by atoms with Crippen molar-refractivity contribution in [2.24, 2.45) is 0 Å². The molecule has 2 fully saturated rings. The normalized spacial score (nSPS) is 17.2. The van der Waals surface area contributed by atoms with Crippen molar-refractivity contribution in [3.8, 4) is 0 Å². The first kappa shape index (κ1) is 19.9. The molecular weight excluding hydrogens is 382 g/mol. The van der Waals surface area contributed by atoms with Gasteiger partial charge in [0.25, 0.3) is 5.91 Å². The van der Waals surface area contributed by atoms with Crippen LogP contribution < -0.4 is 9.80 Å². The van der Waals surface area contributed by atoms with Crippen molar-refractivity contribution in [3.05, 3.63) is 53.2 Å². The molecule has 0 saturated carbocycles. The average molecular weight is 407 g/mol. The molecule has 1 aromatic carbocycles. The van der Waals surface area contributed by atoms with E-state index in [0.717, 1.165) is 34.9 Å². The van der Waals surface area contributed by atoms with Crippen molar-refractivity contribution in [2.45, 2.75) is 13.8 Å². The molecule has 1 aromatic heterocycles. The summed E-state index contributed by atoms with van der Waals surface area (Å²) < 4.78 is 0. The summed E-state index contributed by atoms with van der Waals surface area (Å²) in [6.45, 7) is 6.83. The van der Waals surface area contributed by atoms with E-state index in [2.05, 4.69) is 22.9 Å². The van der Waals surface area contributed by atoms with Crippen LogP contribution in [-0.4, -0.2) is 72.4 Å². The molecule has 4 amide bonds. The van der Waals surface area contributed by atoms with Gasteiger partial charge in [-0.25, -0.2) is 9.78 Å². The van der Waals surface area contributed by atoms with Gasteiger partial charge in [0.05, 0.1) is 0 Å². The Labute approximate surface area is 175 Å². The van der Waals surface area contributed by atoms with Crippen LogP contribution in [0.25, 0.3) is 0 Å². The summed E-state index contributed by atoms with van der Waals surface area (Å²) >= 11 is 0. The molecule has 0 N–H and O–H groups in total. The molecule has 0 spiro atoms. The molecular formula is C22H25N5O3. The number of imide groups is 1. The van der Waals surface area contributed by atoms with Gasteiger partial charge in [0.2, 0.25) is 5.91 Å². The van der Waals surface area contributed by atoms with Crippen LogP contribution in [-0.2, 0) is 4.79 Å². The highest BCUT2D eigenvalue weighted by atomic mass is 16.2. The number of benzene rings is 1. The summed E-state index contributed by atoms with van der Waals surface area (Å²) in [5.41, 5.74) is 3.47. The summed E-state index contributed by atoms with van der Waals surface area (Å²) in [6, 6.07) is 8.63. The molecule has 30 heavy (non-hydrogen) atoms.